The molecule has 0 aliphatic rings. The third-order valence-electron chi connectivity index (χ3n) is 9.96. The molecule has 9 aromatic carbocycles. The lowest BCUT2D eigenvalue weighted by Crippen LogP contribution is -1.91. The van der Waals surface area contributed by atoms with Gasteiger partial charge in [-0.2, -0.15) is 0 Å². The van der Waals surface area contributed by atoms with Crippen LogP contribution in [0.1, 0.15) is 0 Å². The van der Waals surface area contributed by atoms with Crippen molar-refractivity contribution in [3.8, 4) is 33.4 Å². The summed E-state index contributed by atoms with van der Waals surface area (Å²) in [6.45, 7) is 0. The number of hydrogen-bond acceptors (Lipinski definition) is 0. The van der Waals surface area contributed by atoms with Crippen LogP contribution in [-0.2, 0) is 0 Å². The molecule has 0 radical (unpaired) electrons. The second kappa shape index (κ2) is 10.2. The summed E-state index contributed by atoms with van der Waals surface area (Å²) in [6.07, 6.45) is 0. The zero-order chi connectivity index (χ0) is 30.9. The number of aromatic amines is 1. The van der Waals surface area contributed by atoms with Crippen molar-refractivity contribution in [3.63, 3.8) is 0 Å². The lowest BCUT2D eigenvalue weighted by molar-refractivity contribution is 1.56. The quantitative estimate of drug-likeness (QED) is 0.154. The fourth-order valence-electron chi connectivity index (χ4n) is 7.93. The Kier molecular flexibility index (Phi) is 5.64. The van der Waals surface area contributed by atoms with E-state index in [0.29, 0.717) is 0 Å². The second-order valence-corrected chi connectivity index (χ2v) is 12.5. The Hall–Kier alpha value is -6.18. The van der Waals surface area contributed by atoms with Crippen molar-refractivity contribution < 1.29 is 0 Å². The molecule has 1 nitrogen and oxygen atoms in total. The zero-order valence-corrected chi connectivity index (χ0v) is 25.7. The van der Waals surface area contributed by atoms with E-state index in [1.54, 1.807) is 0 Å². The van der Waals surface area contributed by atoms with Gasteiger partial charge in [0.1, 0.15) is 0 Å². The van der Waals surface area contributed by atoms with Gasteiger partial charge in [-0.25, -0.2) is 0 Å². The summed E-state index contributed by atoms with van der Waals surface area (Å²) in [5.41, 5.74) is 9.84. The monoisotopic (exact) mass is 595 g/mol. The number of aromatic nitrogens is 1. The van der Waals surface area contributed by atoms with Crippen molar-refractivity contribution in [2.24, 2.45) is 0 Å². The summed E-state index contributed by atoms with van der Waals surface area (Å²) in [6, 6.07) is 62.1. The van der Waals surface area contributed by atoms with Crippen LogP contribution in [0.4, 0.5) is 0 Å². The number of rotatable bonds is 3. The van der Waals surface area contributed by atoms with Crippen LogP contribution >= 0.6 is 0 Å². The van der Waals surface area contributed by atoms with Gasteiger partial charge in [-0.05, 0) is 89.3 Å². The molecular formula is C46H29N. The molecule has 0 aliphatic heterocycles. The summed E-state index contributed by atoms with van der Waals surface area (Å²) in [4.78, 5) is 3.79. The van der Waals surface area contributed by atoms with Crippen LogP contribution in [0.25, 0.3) is 98.3 Å². The summed E-state index contributed by atoms with van der Waals surface area (Å²) in [5, 5.41) is 12.8. The highest BCUT2D eigenvalue weighted by Crippen LogP contribution is 2.45. The Morgan fingerprint density at radius 3 is 1.40 bits per heavy atom. The molecule has 1 heteroatoms. The molecule has 0 unspecified atom stereocenters. The Bertz CT molecular complexity index is 2780. The Balaban J connectivity index is 1.22. The minimum atomic E-state index is 1.16. The number of fused-ring (bicyclic) bond motifs is 10. The fraction of sp³-hybridized carbons (Fsp3) is 0. The van der Waals surface area contributed by atoms with Crippen molar-refractivity contribution in [2.75, 3.05) is 0 Å². The molecule has 0 spiro atoms. The van der Waals surface area contributed by atoms with E-state index in [4.69, 9.17) is 0 Å². The van der Waals surface area contributed by atoms with Gasteiger partial charge in [-0.3, -0.25) is 0 Å². The lowest BCUT2D eigenvalue weighted by atomic mass is 9.85. The van der Waals surface area contributed by atoms with Crippen LogP contribution in [0.2, 0.25) is 0 Å². The first-order valence-corrected chi connectivity index (χ1v) is 16.3. The number of hydrogen-bond donors (Lipinski definition) is 1. The van der Waals surface area contributed by atoms with Crippen molar-refractivity contribution in [2.45, 2.75) is 0 Å². The molecule has 1 aromatic heterocycles. The molecular weight excluding hydrogens is 567 g/mol. The normalized spacial score (nSPS) is 11.8. The first kappa shape index (κ1) is 26.1. The van der Waals surface area contributed by atoms with Crippen molar-refractivity contribution in [1.29, 1.82) is 0 Å². The highest BCUT2D eigenvalue weighted by molar-refractivity contribution is 6.31. The lowest BCUT2D eigenvalue weighted by Gasteiger charge is -2.18. The van der Waals surface area contributed by atoms with Crippen molar-refractivity contribution in [3.05, 3.63) is 170 Å². The van der Waals surface area contributed by atoms with Gasteiger partial charge >= 0.3 is 0 Å². The van der Waals surface area contributed by atoms with Crippen molar-refractivity contribution in [1.82, 2.24) is 4.98 Å². The molecule has 0 amide bonds. The largest absolute Gasteiger partial charge is 0.354 e. The molecule has 47 heavy (non-hydrogen) atoms. The van der Waals surface area contributed by atoms with Crippen LogP contribution in [-0.4, -0.2) is 4.98 Å². The average Bonchev–Trinajstić information content (AvgIpc) is 3.54. The van der Waals surface area contributed by atoms with E-state index in [1.165, 1.54) is 92.8 Å². The van der Waals surface area contributed by atoms with Gasteiger partial charge < -0.3 is 4.98 Å². The zero-order valence-electron chi connectivity index (χ0n) is 25.7. The fourth-order valence-corrected chi connectivity index (χ4v) is 7.93. The Morgan fingerprint density at radius 1 is 0.277 bits per heavy atom. The van der Waals surface area contributed by atoms with E-state index in [9.17, 15) is 0 Å². The van der Waals surface area contributed by atoms with Gasteiger partial charge in [0.2, 0.25) is 0 Å². The molecule has 218 valence electrons. The molecule has 0 aliphatic carbocycles. The maximum absolute atomic E-state index is 3.79. The van der Waals surface area contributed by atoms with Gasteiger partial charge in [-0.15, -0.1) is 0 Å². The maximum Gasteiger partial charge on any atom is 0.0551 e. The van der Waals surface area contributed by atoms with Gasteiger partial charge in [0.05, 0.1) is 5.52 Å². The molecule has 10 aromatic rings. The summed E-state index contributed by atoms with van der Waals surface area (Å²) < 4.78 is 0. The standard InChI is InChI=1S/C46H29N/c1-2-13-29(14-3-1)43-36-20-7-9-22-38(36)44(39-23-10-8-21-37(39)43)32-16-12-15-30(27-32)31-25-26-42-41(28-31)45-35-19-6-4-17-33(35)34-18-5-11-24-40(34)46(45)47-42/h1-28,47H. The van der Waals surface area contributed by atoms with E-state index in [-0.39, 0.29) is 0 Å². The van der Waals surface area contributed by atoms with Crippen molar-refractivity contribution >= 4 is 64.9 Å². The summed E-state index contributed by atoms with van der Waals surface area (Å²) >= 11 is 0. The Labute approximate surface area is 272 Å². The summed E-state index contributed by atoms with van der Waals surface area (Å²) in [7, 11) is 0. The molecule has 0 saturated carbocycles. The van der Waals surface area contributed by atoms with E-state index in [1.807, 2.05) is 0 Å². The maximum atomic E-state index is 3.79. The van der Waals surface area contributed by atoms with Crippen LogP contribution in [0.15, 0.2) is 170 Å². The topological polar surface area (TPSA) is 15.8 Å². The minimum Gasteiger partial charge on any atom is -0.354 e. The van der Waals surface area contributed by atoms with Gasteiger partial charge in [-0.1, -0.05) is 152 Å². The highest BCUT2D eigenvalue weighted by Gasteiger charge is 2.18. The predicted octanol–water partition coefficient (Wildman–Crippen LogP) is 12.9. The first-order chi connectivity index (χ1) is 23.3. The van der Waals surface area contributed by atoms with E-state index in [0.717, 1.165) is 5.52 Å². The average molecular weight is 596 g/mol. The van der Waals surface area contributed by atoms with Crippen LogP contribution in [0.5, 0.6) is 0 Å². The van der Waals surface area contributed by atoms with E-state index < -0.39 is 0 Å². The van der Waals surface area contributed by atoms with E-state index in [2.05, 4.69) is 175 Å². The number of H-pyrrole nitrogens is 1. The third kappa shape index (κ3) is 3.90. The minimum absolute atomic E-state index is 1.16. The molecule has 0 bridgehead atoms. The molecule has 0 atom stereocenters. The summed E-state index contributed by atoms with van der Waals surface area (Å²) in [5.74, 6) is 0. The molecule has 0 fully saturated rings. The number of benzene rings is 9. The third-order valence-corrected chi connectivity index (χ3v) is 9.96. The highest BCUT2D eigenvalue weighted by atomic mass is 14.7. The van der Waals surface area contributed by atoms with Crippen LogP contribution < -0.4 is 0 Å². The van der Waals surface area contributed by atoms with Gasteiger partial charge in [0.15, 0.2) is 0 Å². The van der Waals surface area contributed by atoms with Gasteiger partial charge in [0.25, 0.3) is 0 Å². The predicted molar refractivity (Wildman–Crippen MR) is 202 cm³/mol. The smallest absolute Gasteiger partial charge is 0.0551 e. The first-order valence-electron chi connectivity index (χ1n) is 16.3. The van der Waals surface area contributed by atoms with E-state index >= 15 is 0 Å². The SMILES string of the molecule is c1ccc(-c2c3ccccc3c(-c3cccc(-c4ccc5[nH]c6c7ccccc7c7ccccc7c6c5c4)c3)c3ccccc23)cc1. The van der Waals surface area contributed by atoms with Crippen LogP contribution in [0.3, 0.4) is 0 Å². The Morgan fingerprint density at radius 2 is 0.745 bits per heavy atom. The van der Waals surface area contributed by atoms with Gasteiger partial charge in [0, 0.05) is 21.7 Å². The molecule has 10 rings (SSSR count). The number of nitrogens with one attached hydrogen (secondary N) is 1. The molecule has 1 N–H and O–H groups in total. The molecule has 1 heterocycles. The second-order valence-electron chi connectivity index (χ2n) is 12.5. The molecule has 0 saturated heterocycles. The van der Waals surface area contributed by atoms with Crippen LogP contribution in [0, 0.1) is 0 Å².